The number of nitrogens with zero attached hydrogens (tertiary/aromatic N) is 2. The number of carbonyl (C=O) groups is 1. The molecule has 2 atom stereocenters. The molecular weight excluding hydrogens is 355 g/mol. The van der Waals surface area contributed by atoms with Crippen LogP contribution in [0.5, 0.6) is 0 Å². The second-order valence-electron chi connectivity index (χ2n) is 8.24. The molecule has 0 saturated heterocycles. The Labute approximate surface area is 154 Å². The molecule has 0 bridgehead atoms. The first-order chi connectivity index (χ1) is 12.6. The summed E-state index contributed by atoms with van der Waals surface area (Å²) >= 11 is 0. The Hall–Kier alpha value is -2.44. The van der Waals surface area contributed by atoms with E-state index in [1.807, 2.05) is 13.8 Å². The highest BCUT2D eigenvalue weighted by atomic mass is 19.4. The van der Waals surface area contributed by atoms with Gasteiger partial charge in [-0.2, -0.15) is 18.3 Å². The maximum absolute atomic E-state index is 14.9. The molecule has 0 spiro atoms. The minimum absolute atomic E-state index is 0.0328. The standard InChI is InChI=1S/C20H20F3N3O/c1-11-15-17(26-25-11)24-13-9-18(2,3)10-14(27)16(13)19(15,20(21,22)23)12-7-5-4-6-8-12/h4-8,16H,9-10H2,1-3H3,(H,25,26). The molecule has 1 aromatic carbocycles. The normalized spacial score (nSPS) is 27.0. The quantitative estimate of drug-likeness (QED) is 0.788. The minimum atomic E-state index is -4.69. The largest absolute Gasteiger partial charge is 0.403 e. The van der Waals surface area contributed by atoms with E-state index in [1.165, 1.54) is 12.1 Å². The van der Waals surface area contributed by atoms with E-state index < -0.39 is 28.7 Å². The average Bonchev–Trinajstić information content (AvgIpc) is 2.92. The third-order valence-electron chi connectivity index (χ3n) is 5.65. The van der Waals surface area contributed by atoms with Gasteiger partial charge in [0.1, 0.15) is 11.2 Å². The number of aromatic amines is 1. The SMILES string of the molecule is Cc1[nH]nc2c1C(c1ccccc1)(C(F)(F)F)C1C(=O)CC(C)(C)CC1=N2. The van der Waals surface area contributed by atoms with Crippen LogP contribution in [0.25, 0.3) is 0 Å². The van der Waals surface area contributed by atoms with Gasteiger partial charge in [0.25, 0.3) is 0 Å². The van der Waals surface area contributed by atoms with Crippen LogP contribution in [-0.2, 0) is 10.2 Å². The number of H-pyrrole nitrogens is 1. The van der Waals surface area contributed by atoms with E-state index in [0.717, 1.165) is 0 Å². The number of rotatable bonds is 1. The molecule has 2 unspecified atom stereocenters. The number of hydrogen-bond acceptors (Lipinski definition) is 3. The smallest absolute Gasteiger partial charge is 0.299 e. The average molecular weight is 375 g/mol. The van der Waals surface area contributed by atoms with Crippen LogP contribution in [0.2, 0.25) is 0 Å². The molecule has 1 aliphatic carbocycles. The molecule has 1 fully saturated rings. The van der Waals surface area contributed by atoms with Crippen LogP contribution in [-0.4, -0.2) is 27.9 Å². The van der Waals surface area contributed by atoms with Crippen molar-refractivity contribution in [2.45, 2.75) is 45.2 Å². The van der Waals surface area contributed by atoms with Crippen LogP contribution in [0.1, 0.15) is 43.5 Å². The van der Waals surface area contributed by atoms with Gasteiger partial charge in [0.15, 0.2) is 5.82 Å². The maximum atomic E-state index is 14.9. The number of alkyl halides is 3. The molecule has 2 aromatic rings. The lowest BCUT2D eigenvalue weighted by molar-refractivity contribution is -0.190. The summed E-state index contributed by atoms with van der Waals surface area (Å²) in [7, 11) is 0. The Bertz CT molecular complexity index is 943. The van der Waals surface area contributed by atoms with Crippen LogP contribution < -0.4 is 0 Å². The molecule has 1 N–H and O–H groups in total. The van der Waals surface area contributed by atoms with Crippen molar-refractivity contribution in [2.24, 2.45) is 16.3 Å². The summed E-state index contributed by atoms with van der Waals surface area (Å²) in [4.78, 5) is 17.5. The number of halogens is 3. The molecular formula is C20H20F3N3O. The van der Waals surface area contributed by atoms with Crippen LogP contribution in [0, 0.1) is 18.3 Å². The molecule has 0 radical (unpaired) electrons. The highest BCUT2D eigenvalue weighted by molar-refractivity contribution is 6.12. The zero-order valence-corrected chi connectivity index (χ0v) is 15.3. The van der Waals surface area contributed by atoms with Crippen molar-refractivity contribution in [1.29, 1.82) is 0 Å². The number of benzene rings is 1. The van der Waals surface area contributed by atoms with Gasteiger partial charge in [-0.05, 0) is 24.3 Å². The first-order valence-corrected chi connectivity index (χ1v) is 8.86. The summed E-state index contributed by atoms with van der Waals surface area (Å²) in [5, 5.41) is 6.68. The monoisotopic (exact) mass is 375 g/mol. The topological polar surface area (TPSA) is 58.1 Å². The number of hydrogen-bond donors (Lipinski definition) is 1. The highest BCUT2D eigenvalue weighted by Crippen LogP contribution is 2.59. The lowest BCUT2D eigenvalue weighted by Crippen LogP contribution is -2.59. The van der Waals surface area contributed by atoms with Gasteiger partial charge < -0.3 is 0 Å². The van der Waals surface area contributed by atoms with Crippen molar-refractivity contribution in [3.8, 4) is 0 Å². The number of Topliss-reactive ketones (excluding diaryl/α,β-unsaturated/α-hetero) is 1. The minimum Gasteiger partial charge on any atom is -0.299 e. The molecule has 2 aliphatic rings. The summed E-state index contributed by atoms with van der Waals surface area (Å²) in [6.07, 6.45) is -4.27. The van der Waals surface area contributed by atoms with Gasteiger partial charge in [-0.3, -0.25) is 9.89 Å². The zero-order valence-electron chi connectivity index (χ0n) is 15.3. The second-order valence-corrected chi connectivity index (χ2v) is 8.24. The summed E-state index contributed by atoms with van der Waals surface area (Å²) in [5.41, 5.74) is -2.34. The Morgan fingerprint density at radius 2 is 1.81 bits per heavy atom. The molecule has 27 heavy (non-hydrogen) atoms. The molecule has 142 valence electrons. The van der Waals surface area contributed by atoms with Crippen molar-refractivity contribution < 1.29 is 18.0 Å². The fourth-order valence-corrected chi connectivity index (χ4v) is 4.74. The van der Waals surface area contributed by atoms with Gasteiger partial charge in [-0.25, -0.2) is 4.99 Å². The van der Waals surface area contributed by atoms with E-state index in [-0.39, 0.29) is 34.8 Å². The van der Waals surface area contributed by atoms with Crippen LogP contribution in [0.3, 0.4) is 0 Å². The molecule has 2 heterocycles. The number of aliphatic imine (C=N–C) groups is 1. The van der Waals surface area contributed by atoms with E-state index in [4.69, 9.17) is 0 Å². The van der Waals surface area contributed by atoms with E-state index in [1.54, 1.807) is 25.1 Å². The molecule has 4 nitrogen and oxygen atoms in total. The highest BCUT2D eigenvalue weighted by Gasteiger charge is 2.68. The van der Waals surface area contributed by atoms with Crippen molar-refractivity contribution in [1.82, 2.24) is 10.2 Å². The van der Waals surface area contributed by atoms with Crippen LogP contribution in [0.15, 0.2) is 35.3 Å². The van der Waals surface area contributed by atoms with E-state index in [2.05, 4.69) is 15.2 Å². The van der Waals surface area contributed by atoms with E-state index in [0.29, 0.717) is 6.42 Å². The van der Waals surface area contributed by atoms with Gasteiger partial charge >= 0.3 is 6.18 Å². The summed E-state index contributed by atoms with van der Waals surface area (Å²) < 4.78 is 44.7. The Morgan fingerprint density at radius 1 is 1.15 bits per heavy atom. The fraction of sp³-hybridized carbons (Fsp3) is 0.450. The van der Waals surface area contributed by atoms with E-state index >= 15 is 0 Å². The first kappa shape index (κ1) is 17.9. The summed E-state index contributed by atoms with van der Waals surface area (Å²) in [5.74, 6) is -1.75. The fourth-order valence-electron chi connectivity index (χ4n) is 4.74. The maximum Gasteiger partial charge on any atom is 0.403 e. The number of aryl methyl sites for hydroxylation is 1. The predicted molar refractivity (Wildman–Crippen MR) is 95.2 cm³/mol. The Kier molecular flexibility index (Phi) is 3.68. The number of ketones is 1. The van der Waals surface area contributed by atoms with E-state index in [9.17, 15) is 18.0 Å². The summed E-state index contributed by atoms with van der Waals surface area (Å²) in [6, 6.07) is 7.70. The van der Waals surface area contributed by atoms with Gasteiger partial charge in [-0.1, -0.05) is 44.2 Å². The number of aromatic nitrogens is 2. The van der Waals surface area contributed by atoms with Crippen molar-refractivity contribution in [2.75, 3.05) is 0 Å². The molecule has 1 aromatic heterocycles. The lowest BCUT2D eigenvalue weighted by Gasteiger charge is -2.48. The zero-order chi connectivity index (χ0) is 19.6. The Balaban J connectivity index is 2.12. The molecule has 0 amide bonds. The number of nitrogens with one attached hydrogen (secondary N) is 1. The second kappa shape index (κ2) is 5.53. The predicted octanol–water partition coefficient (Wildman–Crippen LogP) is 4.66. The van der Waals surface area contributed by atoms with Gasteiger partial charge in [0.2, 0.25) is 0 Å². The van der Waals surface area contributed by atoms with Gasteiger partial charge in [0, 0.05) is 23.4 Å². The van der Waals surface area contributed by atoms with Gasteiger partial charge in [-0.15, -0.1) is 0 Å². The third-order valence-corrected chi connectivity index (χ3v) is 5.65. The lowest BCUT2D eigenvalue weighted by atomic mass is 9.55. The van der Waals surface area contributed by atoms with Gasteiger partial charge in [0.05, 0.1) is 5.92 Å². The number of fused-ring (bicyclic) bond motifs is 2. The first-order valence-electron chi connectivity index (χ1n) is 8.86. The summed E-state index contributed by atoms with van der Waals surface area (Å²) in [6.45, 7) is 5.31. The molecule has 1 saturated carbocycles. The van der Waals surface area contributed by atoms with Crippen molar-refractivity contribution in [3.63, 3.8) is 0 Å². The number of carbonyl (C=O) groups excluding carboxylic acids is 1. The molecule has 1 aliphatic heterocycles. The van der Waals surface area contributed by atoms with Crippen LogP contribution in [0.4, 0.5) is 19.0 Å². The van der Waals surface area contributed by atoms with Crippen LogP contribution >= 0.6 is 0 Å². The van der Waals surface area contributed by atoms with Crippen molar-refractivity contribution >= 4 is 17.3 Å². The molecule has 4 rings (SSSR count). The Morgan fingerprint density at radius 3 is 2.44 bits per heavy atom. The van der Waals surface area contributed by atoms with Crippen molar-refractivity contribution in [3.05, 3.63) is 47.2 Å². The third kappa shape index (κ3) is 2.40. The molecule has 7 heteroatoms.